The van der Waals surface area contributed by atoms with E-state index in [-0.39, 0.29) is 0 Å². The van der Waals surface area contributed by atoms with Crippen LogP contribution in [-0.4, -0.2) is 59.4 Å². The zero-order chi connectivity index (χ0) is 16.9. The summed E-state index contributed by atoms with van der Waals surface area (Å²) in [6.45, 7) is 1.90. The second kappa shape index (κ2) is 7.65. The molecular formula is C16H23N7S. The highest BCUT2D eigenvalue weighted by atomic mass is 32.2. The van der Waals surface area contributed by atoms with Crippen molar-refractivity contribution >= 4 is 29.3 Å². The molecule has 0 aromatic carbocycles. The van der Waals surface area contributed by atoms with Gasteiger partial charge in [0, 0.05) is 45.6 Å². The Kier molecular flexibility index (Phi) is 5.34. The molecule has 0 radical (unpaired) electrons. The first-order chi connectivity index (χ1) is 11.7. The molecule has 3 rings (SSSR count). The van der Waals surface area contributed by atoms with Crippen LogP contribution in [0.3, 0.4) is 0 Å². The SMILES string of the molecule is CSc1nccc(N2CCCC(Nc3nccc(N(C)C)n3)C2)n1. The molecule has 0 saturated carbocycles. The number of rotatable bonds is 5. The van der Waals surface area contributed by atoms with Crippen LogP contribution in [0.25, 0.3) is 0 Å². The zero-order valence-electron chi connectivity index (χ0n) is 14.3. The van der Waals surface area contributed by atoms with Crippen molar-refractivity contribution in [2.24, 2.45) is 0 Å². The van der Waals surface area contributed by atoms with Crippen LogP contribution in [0.1, 0.15) is 12.8 Å². The van der Waals surface area contributed by atoms with E-state index in [0.29, 0.717) is 12.0 Å². The largest absolute Gasteiger partial charge is 0.363 e. The highest BCUT2D eigenvalue weighted by molar-refractivity contribution is 7.98. The summed E-state index contributed by atoms with van der Waals surface area (Å²) in [7, 11) is 3.96. The summed E-state index contributed by atoms with van der Waals surface area (Å²) in [5.74, 6) is 2.57. The minimum Gasteiger partial charge on any atom is -0.363 e. The first kappa shape index (κ1) is 16.8. The normalized spacial score (nSPS) is 17.6. The van der Waals surface area contributed by atoms with E-state index in [1.165, 1.54) is 0 Å². The average Bonchev–Trinajstić information content (AvgIpc) is 2.62. The first-order valence-electron chi connectivity index (χ1n) is 8.04. The maximum absolute atomic E-state index is 4.61. The fourth-order valence-electron chi connectivity index (χ4n) is 2.76. The van der Waals surface area contributed by atoms with Crippen molar-refractivity contribution in [2.45, 2.75) is 24.0 Å². The number of nitrogens with one attached hydrogen (secondary N) is 1. The Balaban J connectivity index is 1.68. The van der Waals surface area contributed by atoms with E-state index >= 15 is 0 Å². The summed E-state index contributed by atoms with van der Waals surface area (Å²) in [5.41, 5.74) is 0. The molecule has 2 aromatic rings. The van der Waals surface area contributed by atoms with Gasteiger partial charge in [-0.25, -0.2) is 15.0 Å². The molecule has 1 aliphatic heterocycles. The molecule has 0 spiro atoms. The lowest BCUT2D eigenvalue weighted by Crippen LogP contribution is -2.42. The van der Waals surface area contributed by atoms with E-state index in [0.717, 1.165) is 42.7 Å². The van der Waals surface area contributed by atoms with Crippen molar-refractivity contribution in [3.63, 3.8) is 0 Å². The van der Waals surface area contributed by atoms with Gasteiger partial charge in [0.15, 0.2) is 5.16 Å². The smallest absolute Gasteiger partial charge is 0.224 e. The lowest BCUT2D eigenvalue weighted by Gasteiger charge is -2.34. The number of hydrogen-bond acceptors (Lipinski definition) is 8. The van der Waals surface area contributed by atoms with Gasteiger partial charge in [-0.1, -0.05) is 11.8 Å². The third kappa shape index (κ3) is 4.05. The molecule has 0 bridgehead atoms. The second-order valence-electron chi connectivity index (χ2n) is 5.96. The lowest BCUT2D eigenvalue weighted by atomic mass is 10.1. The fourth-order valence-corrected chi connectivity index (χ4v) is 3.11. The van der Waals surface area contributed by atoms with Crippen molar-refractivity contribution in [2.75, 3.05) is 48.6 Å². The van der Waals surface area contributed by atoms with Crippen LogP contribution in [0.15, 0.2) is 29.7 Å². The summed E-state index contributed by atoms with van der Waals surface area (Å²) in [6, 6.07) is 4.19. The van der Waals surface area contributed by atoms with Gasteiger partial charge >= 0.3 is 0 Å². The minimum atomic E-state index is 0.309. The average molecular weight is 345 g/mol. The number of piperidine rings is 1. The summed E-state index contributed by atoms with van der Waals surface area (Å²) < 4.78 is 0. The number of nitrogens with zero attached hydrogens (tertiary/aromatic N) is 6. The minimum absolute atomic E-state index is 0.309. The number of aromatic nitrogens is 4. The molecule has 7 nitrogen and oxygen atoms in total. The lowest BCUT2D eigenvalue weighted by molar-refractivity contribution is 0.522. The summed E-state index contributed by atoms with van der Waals surface area (Å²) in [6.07, 6.45) is 7.83. The highest BCUT2D eigenvalue weighted by Crippen LogP contribution is 2.21. The Morgan fingerprint density at radius 1 is 1.21 bits per heavy atom. The van der Waals surface area contributed by atoms with E-state index in [1.54, 1.807) is 18.0 Å². The van der Waals surface area contributed by atoms with Crippen LogP contribution in [0, 0.1) is 0 Å². The van der Waals surface area contributed by atoms with Gasteiger partial charge in [0.1, 0.15) is 11.6 Å². The molecule has 2 aromatic heterocycles. The maximum Gasteiger partial charge on any atom is 0.224 e. The molecule has 1 unspecified atom stereocenters. The Labute approximate surface area is 146 Å². The van der Waals surface area contributed by atoms with Crippen molar-refractivity contribution in [3.05, 3.63) is 24.5 Å². The van der Waals surface area contributed by atoms with Gasteiger partial charge in [-0.15, -0.1) is 0 Å². The number of thioether (sulfide) groups is 1. The van der Waals surface area contributed by atoms with Gasteiger partial charge in [-0.2, -0.15) is 4.98 Å². The van der Waals surface area contributed by atoms with Gasteiger partial charge in [0.25, 0.3) is 0 Å². The van der Waals surface area contributed by atoms with E-state index in [4.69, 9.17) is 0 Å². The monoisotopic (exact) mass is 345 g/mol. The van der Waals surface area contributed by atoms with Crippen LogP contribution >= 0.6 is 11.8 Å². The van der Waals surface area contributed by atoms with Gasteiger partial charge < -0.3 is 15.1 Å². The highest BCUT2D eigenvalue weighted by Gasteiger charge is 2.22. The predicted octanol–water partition coefficient (Wildman–Crippen LogP) is 2.14. The molecule has 24 heavy (non-hydrogen) atoms. The van der Waals surface area contributed by atoms with Gasteiger partial charge in [0.05, 0.1) is 0 Å². The van der Waals surface area contributed by atoms with Crippen LogP contribution in [0.2, 0.25) is 0 Å². The molecule has 0 aliphatic carbocycles. The fraction of sp³-hybridized carbons (Fsp3) is 0.500. The maximum atomic E-state index is 4.61. The number of anilines is 3. The Morgan fingerprint density at radius 3 is 2.83 bits per heavy atom. The molecule has 8 heteroatoms. The summed E-state index contributed by atoms with van der Waals surface area (Å²) >= 11 is 1.57. The zero-order valence-corrected chi connectivity index (χ0v) is 15.1. The van der Waals surface area contributed by atoms with Crippen molar-refractivity contribution in [3.8, 4) is 0 Å². The molecule has 3 heterocycles. The Hall–Kier alpha value is -2.09. The van der Waals surface area contributed by atoms with Gasteiger partial charge in [-0.3, -0.25) is 0 Å². The van der Waals surface area contributed by atoms with E-state index in [1.807, 2.05) is 43.6 Å². The van der Waals surface area contributed by atoms with Crippen LogP contribution in [-0.2, 0) is 0 Å². The van der Waals surface area contributed by atoms with Crippen molar-refractivity contribution < 1.29 is 0 Å². The summed E-state index contributed by atoms with van der Waals surface area (Å²) in [5, 5.41) is 4.28. The first-order valence-corrected chi connectivity index (χ1v) is 9.27. The molecule has 0 amide bonds. The molecule has 1 atom stereocenters. The summed E-state index contributed by atoms with van der Waals surface area (Å²) in [4.78, 5) is 22.0. The van der Waals surface area contributed by atoms with Gasteiger partial charge in [0.2, 0.25) is 5.95 Å². The van der Waals surface area contributed by atoms with Crippen molar-refractivity contribution in [1.29, 1.82) is 0 Å². The standard InChI is InChI=1S/C16H23N7S/c1-22(2)13-6-8-17-15(20-13)19-12-5-4-10-23(11-12)14-7-9-18-16(21-14)24-3/h6-9,12H,4-5,10-11H2,1-3H3,(H,17,19,20). The van der Waals surface area contributed by atoms with E-state index in [9.17, 15) is 0 Å². The topological polar surface area (TPSA) is 70.1 Å². The molecular weight excluding hydrogens is 322 g/mol. The Bertz CT molecular complexity index is 679. The van der Waals surface area contributed by atoms with Gasteiger partial charge in [-0.05, 0) is 31.2 Å². The molecule has 1 fully saturated rings. The molecule has 1 aliphatic rings. The van der Waals surface area contributed by atoms with E-state index in [2.05, 4.69) is 30.2 Å². The molecule has 128 valence electrons. The van der Waals surface area contributed by atoms with Crippen LogP contribution < -0.4 is 15.1 Å². The predicted molar refractivity (Wildman–Crippen MR) is 99.0 cm³/mol. The molecule has 1 saturated heterocycles. The third-order valence-corrected chi connectivity index (χ3v) is 4.54. The number of hydrogen-bond donors (Lipinski definition) is 1. The van der Waals surface area contributed by atoms with Crippen molar-refractivity contribution in [1.82, 2.24) is 19.9 Å². The van der Waals surface area contributed by atoms with E-state index < -0.39 is 0 Å². The van der Waals surface area contributed by atoms with Crippen LogP contribution in [0.5, 0.6) is 0 Å². The van der Waals surface area contributed by atoms with Crippen LogP contribution in [0.4, 0.5) is 17.6 Å². The quantitative estimate of drug-likeness (QED) is 0.653. The second-order valence-corrected chi connectivity index (χ2v) is 6.74. The third-order valence-electron chi connectivity index (χ3n) is 3.98. The molecule has 1 N–H and O–H groups in total. The Morgan fingerprint density at radius 2 is 2.04 bits per heavy atom.